The highest BCUT2D eigenvalue weighted by Gasteiger charge is 2.30. The maximum atomic E-state index is 13.1. The highest BCUT2D eigenvalue weighted by molar-refractivity contribution is 7.47. The topological polar surface area (TPSA) is 237 Å². The largest absolute Gasteiger partial charge is 0.472 e. The maximum absolute atomic E-state index is 13.1. The molecule has 5 atom stereocenters. The van der Waals surface area contributed by atoms with Crippen molar-refractivity contribution in [2.24, 2.45) is 17.8 Å². The van der Waals surface area contributed by atoms with Crippen LogP contribution >= 0.6 is 15.6 Å². The molecule has 0 aliphatic rings. The van der Waals surface area contributed by atoms with Crippen LogP contribution in [0.25, 0.3) is 0 Å². The Morgan fingerprint density at radius 3 is 0.739 bits per heavy atom. The Morgan fingerprint density at radius 2 is 0.500 bits per heavy atom. The van der Waals surface area contributed by atoms with Crippen molar-refractivity contribution in [2.75, 3.05) is 39.6 Å². The van der Waals surface area contributed by atoms with Crippen LogP contribution in [-0.2, 0) is 65.4 Å². The van der Waals surface area contributed by atoms with Gasteiger partial charge in [-0.15, -0.1) is 0 Å². The first-order valence-corrected chi connectivity index (χ1v) is 40.8. The van der Waals surface area contributed by atoms with E-state index in [2.05, 4.69) is 48.5 Å². The lowest BCUT2D eigenvalue weighted by molar-refractivity contribution is -0.161. The Bertz CT molecular complexity index is 1800. The number of rotatable bonds is 71. The molecule has 17 nitrogen and oxygen atoms in total. The lowest BCUT2D eigenvalue weighted by Gasteiger charge is -2.21. The van der Waals surface area contributed by atoms with Crippen LogP contribution in [0.15, 0.2) is 0 Å². The number of carbonyl (C=O) groups is 4. The van der Waals surface area contributed by atoms with Crippen molar-refractivity contribution in [3.05, 3.63) is 0 Å². The SMILES string of the molecule is CCCCCCCCCC(=O)OC[C@H](COP(=O)(O)OC[C@H](O)COP(=O)(O)OC[C@@H](COC(=O)CCCCCCCCCCCCCCC(C)C)OC(=O)CCCCCCCCCCCCCCCCCC(C)C)OC(=O)CCCCCCCCCCCC(C)C. The minimum atomic E-state index is -4.95. The minimum Gasteiger partial charge on any atom is -0.462 e. The number of hydrogen-bond donors (Lipinski definition) is 3. The molecule has 2 unspecified atom stereocenters. The number of aliphatic hydroxyl groups is 1. The molecule has 0 fully saturated rings. The van der Waals surface area contributed by atoms with Gasteiger partial charge >= 0.3 is 39.5 Å². The second-order valence-corrected chi connectivity index (χ2v) is 30.7. The van der Waals surface area contributed by atoms with Crippen LogP contribution < -0.4 is 0 Å². The van der Waals surface area contributed by atoms with Gasteiger partial charge in [-0.25, -0.2) is 9.13 Å². The molecular formula is C73H142O17P2. The third kappa shape index (κ3) is 66.7. The van der Waals surface area contributed by atoms with Crippen molar-refractivity contribution in [2.45, 2.75) is 388 Å². The molecule has 0 amide bonds. The summed E-state index contributed by atoms with van der Waals surface area (Å²) >= 11 is 0. The number of hydrogen-bond acceptors (Lipinski definition) is 15. The van der Waals surface area contributed by atoms with Crippen LogP contribution in [0.2, 0.25) is 0 Å². The molecule has 0 rings (SSSR count). The van der Waals surface area contributed by atoms with Gasteiger partial charge in [0.25, 0.3) is 0 Å². The Balaban J connectivity index is 5.20. The summed E-state index contributed by atoms with van der Waals surface area (Å²) in [6.45, 7) is 11.8. The maximum Gasteiger partial charge on any atom is 0.472 e. The van der Waals surface area contributed by atoms with E-state index in [1.54, 1.807) is 0 Å². The molecule has 92 heavy (non-hydrogen) atoms. The first-order valence-electron chi connectivity index (χ1n) is 37.8. The third-order valence-electron chi connectivity index (χ3n) is 16.9. The molecule has 0 saturated carbocycles. The van der Waals surface area contributed by atoms with Gasteiger partial charge < -0.3 is 33.8 Å². The predicted molar refractivity (Wildman–Crippen MR) is 372 cm³/mol. The molecule has 0 bridgehead atoms. The fourth-order valence-electron chi connectivity index (χ4n) is 11.1. The van der Waals surface area contributed by atoms with Gasteiger partial charge in [0.05, 0.1) is 26.4 Å². The van der Waals surface area contributed by atoms with Crippen molar-refractivity contribution in [3.8, 4) is 0 Å². The van der Waals surface area contributed by atoms with Crippen LogP contribution in [0, 0.1) is 17.8 Å². The molecule has 546 valence electrons. The summed E-state index contributed by atoms with van der Waals surface area (Å²) in [5.74, 6) is 0.195. The number of phosphoric ester groups is 2. The lowest BCUT2D eigenvalue weighted by Crippen LogP contribution is -2.30. The van der Waals surface area contributed by atoms with Gasteiger partial charge in [0.2, 0.25) is 0 Å². The van der Waals surface area contributed by atoms with Crippen LogP contribution in [-0.4, -0.2) is 96.7 Å². The van der Waals surface area contributed by atoms with Gasteiger partial charge in [0.1, 0.15) is 19.3 Å². The van der Waals surface area contributed by atoms with E-state index in [9.17, 15) is 43.2 Å². The van der Waals surface area contributed by atoms with Crippen LogP contribution in [0.4, 0.5) is 0 Å². The number of esters is 4. The average molecular weight is 1350 g/mol. The molecule has 0 aliphatic carbocycles. The molecule has 0 aromatic carbocycles. The van der Waals surface area contributed by atoms with Gasteiger partial charge in [-0.05, 0) is 43.4 Å². The minimum absolute atomic E-state index is 0.105. The summed E-state index contributed by atoms with van der Waals surface area (Å²) in [6, 6.07) is 0. The highest BCUT2D eigenvalue weighted by Crippen LogP contribution is 2.45. The van der Waals surface area contributed by atoms with Crippen molar-refractivity contribution in [1.82, 2.24) is 0 Å². The van der Waals surface area contributed by atoms with Crippen LogP contribution in [0.1, 0.15) is 370 Å². The average Bonchev–Trinajstić information content (AvgIpc) is 2.08. The number of unbranched alkanes of at least 4 members (excludes halogenated alkanes) is 39. The van der Waals surface area contributed by atoms with Crippen molar-refractivity contribution in [1.29, 1.82) is 0 Å². The van der Waals surface area contributed by atoms with Gasteiger partial charge in [0, 0.05) is 25.7 Å². The second kappa shape index (κ2) is 63.8. The quantitative estimate of drug-likeness (QED) is 0.0222. The van der Waals surface area contributed by atoms with Crippen molar-refractivity contribution in [3.63, 3.8) is 0 Å². The zero-order valence-electron chi connectivity index (χ0n) is 60.0. The Kier molecular flexibility index (Phi) is 62.4. The number of aliphatic hydroxyl groups excluding tert-OH is 1. The van der Waals surface area contributed by atoms with E-state index in [0.717, 1.165) is 120 Å². The highest BCUT2D eigenvalue weighted by atomic mass is 31.2. The molecule has 3 N–H and O–H groups in total. The third-order valence-corrected chi connectivity index (χ3v) is 18.8. The number of phosphoric acid groups is 2. The van der Waals surface area contributed by atoms with Crippen molar-refractivity contribution >= 4 is 39.5 Å². The van der Waals surface area contributed by atoms with E-state index in [1.807, 2.05) is 0 Å². The molecule has 0 aliphatic heterocycles. The van der Waals surface area contributed by atoms with Crippen LogP contribution in [0.3, 0.4) is 0 Å². The molecular weight excluding hydrogens is 1210 g/mol. The summed E-state index contributed by atoms with van der Waals surface area (Å²) in [5.41, 5.74) is 0. The molecule has 0 radical (unpaired) electrons. The van der Waals surface area contributed by atoms with E-state index in [0.29, 0.717) is 25.7 Å². The van der Waals surface area contributed by atoms with Gasteiger partial charge in [-0.1, -0.05) is 318 Å². The fourth-order valence-corrected chi connectivity index (χ4v) is 12.7. The summed E-state index contributed by atoms with van der Waals surface area (Å²) in [4.78, 5) is 72.5. The molecule has 0 saturated heterocycles. The normalized spacial score (nSPS) is 14.1. The zero-order chi connectivity index (χ0) is 68.0. The Morgan fingerprint density at radius 1 is 0.293 bits per heavy atom. The van der Waals surface area contributed by atoms with Crippen LogP contribution in [0.5, 0.6) is 0 Å². The van der Waals surface area contributed by atoms with E-state index >= 15 is 0 Å². The first kappa shape index (κ1) is 90.1. The Hall–Kier alpha value is -1.94. The fraction of sp³-hybridized carbons (Fsp3) is 0.945. The molecule has 0 aromatic heterocycles. The monoisotopic (exact) mass is 1350 g/mol. The summed E-state index contributed by atoms with van der Waals surface area (Å²) in [6.07, 6.45) is 48.7. The molecule has 0 aromatic rings. The van der Waals surface area contributed by atoms with E-state index in [4.69, 9.17) is 37.0 Å². The smallest absolute Gasteiger partial charge is 0.462 e. The van der Waals surface area contributed by atoms with Gasteiger partial charge in [-0.2, -0.15) is 0 Å². The number of carbonyl (C=O) groups excluding carboxylic acids is 4. The lowest BCUT2D eigenvalue weighted by atomic mass is 10.0. The molecule has 0 spiro atoms. The van der Waals surface area contributed by atoms with E-state index < -0.39 is 97.5 Å². The van der Waals surface area contributed by atoms with E-state index in [-0.39, 0.29) is 25.7 Å². The van der Waals surface area contributed by atoms with Crippen molar-refractivity contribution < 1.29 is 80.2 Å². The molecule has 0 heterocycles. The Labute approximate surface area is 562 Å². The van der Waals surface area contributed by atoms with Gasteiger partial charge in [0.15, 0.2) is 12.2 Å². The zero-order valence-corrected chi connectivity index (χ0v) is 61.8. The first-order chi connectivity index (χ1) is 44.2. The molecule has 19 heteroatoms. The second-order valence-electron chi connectivity index (χ2n) is 27.8. The standard InChI is InChI=1S/C73H142O17P2/c1-8-9-10-11-30-40-47-54-70(75)83-60-68(89-73(78)57-50-43-36-29-23-26-33-39-46-53-66(6)7)62-87-91(79,80)85-58-67(74)59-86-92(81,82)88-63-69(61-84-71(76)55-48-41-34-27-21-18-17-20-25-32-38-45-52-65(4)5)90-72(77)56-49-42-35-28-22-16-14-12-13-15-19-24-31-37-44-51-64(2)3/h64-69,74H,8-63H2,1-7H3,(H,79,80)(H,81,82)/t67-,68+,69+/m0/s1. The summed E-state index contributed by atoms with van der Waals surface area (Å²) in [5, 5.41) is 10.6. The number of ether oxygens (including phenoxy) is 4. The van der Waals surface area contributed by atoms with Gasteiger partial charge in [-0.3, -0.25) is 37.3 Å². The summed E-state index contributed by atoms with van der Waals surface area (Å²) < 4.78 is 68.3. The van der Waals surface area contributed by atoms with E-state index in [1.165, 1.54) is 167 Å². The predicted octanol–water partition coefficient (Wildman–Crippen LogP) is 21.0. The summed E-state index contributed by atoms with van der Waals surface area (Å²) in [7, 11) is -9.90.